The van der Waals surface area contributed by atoms with Crippen molar-refractivity contribution in [3.63, 3.8) is 0 Å². The van der Waals surface area contributed by atoms with Crippen molar-refractivity contribution in [2.45, 2.75) is 57.2 Å². The van der Waals surface area contributed by atoms with Gasteiger partial charge in [-0.15, -0.1) is 0 Å². The summed E-state index contributed by atoms with van der Waals surface area (Å²) in [6.45, 7) is 6.68. The zero-order valence-corrected chi connectivity index (χ0v) is 15.2. The first-order valence-electron chi connectivity index (χ1n) is 9.69. The Morgan fingerprint density at radius 1 is 1.24 bits per heavy atom. The Kier molecular flexibility index (Phi) is 5.06. The van der Waals surface area contributed by atoms with Crippen molar-refractivity contribution in [1.29, 1.82) is 0 Å². The molecule has 0 amide bonds. The molecule has 2 aliphatic heterocycles. The van der Waals surface area contributed by atoms with Crippen molar-refractivity contribution in [2.75, 3.05) is 26.4 Å². The van der Waals surface area contributed by atoms with Gasteiger partial charge in [0.05, 0.1) is 16.6 Å². The molecular formula is C20H29N3O2. The normalized spacial score (nSPS) is 23.3. The smallest absolute Gasteiger partial charge is 0.111 e. The number of para-hydroxylation sites is 2. The summed E-state index contributed by atoms with van der Waals surface area (Å²) in [6, 6.07) is 8.97. The third kappa shape index (κ3) is 3.59. The number of hydrogen-bond acceptors (Lipinski definition) is 4. The van der Waals surface area contributed by atoms with Crippen LogP contribution < -0.4 is 5.32 Å². The van der Waals surface area contributed by atoms with Crippen molar-refractivity contribution in [2.24, 2.45) is 0 Å². The van der Waals surface area contributed by atoms with Gasteiger partial charge in [0.2, 0.25) is 0 Å². The van der Waals surface area contributed by atoms with Crippen molar-refractivity contribution >= 4 is 11.0 Å². The highest BCUT2D eigenvalue weighted by atomic mass is 16.5. The second-order valence-electron chi connectivity index (χ2n) is 7.30. The molecule has 2 aliphatic rings. The molecule has 1 aromatic carbocycles. The number of imidazole rings is 1. The Bertz CT molecular complexity index is 701. The molecule has 0 bridgehead atoms. The minimum absolute atomic E-state index is 0.0603. The van der Waals surface area contributed by atoms with Gasteiger partial charge in [-0.3, -0.25) is 0 Å². The second kappa shape index (κ2) is 7.44. The standard InChI is InChI=1S/C20H29N3O2/c1-2-23-18-6-4-3-5-17(18)22-19(23)7-11-21-16-8-12-25-20(15-16)9-13-24-14-10-20/h3-6,16,21H,2,7-15H2,1H3. The van der Waals surface area contributed by atoms with E-state index in [9.17, 15) is 0 Å². The van der Waals surface area contributed by atoms with E-state index in [0.717, 1.165) is 70.5 Å². The fourth-order valence-corrected chi connectivity index (χ4v) is 4.35. The van der Waals surface area contributed by atoms with Gasteiger partial charge in [-0.1, -0.05) is 12.1 Å². The van der Waals surface area contributed by atoms with E-state index >= 15 is 0 Å². The average molecular weight is 343 g/mol. The van der Waals surface area contributed by atoms with Gasteiger partial charge in [0.15, 0.2) is 0 Å². The van der Waals surface area contributed by atoms with Gasteiger partial charge >= 0.3 is 0 Å². The molecule has 1 spiro atoms. The van der Waals surface area contributed by atoms with E-state index in [-0.39, 0.29) is 5.60 Å². The molecule has 2 saturated heterocycles. The molecule has 3 heterocycles. The lowest BCUT2D eigenvalue weighted by Gasteiger charge is -2.43. The highest BCUT2D eigenvalue weighted by Crippen LogP contribution is 2.34. The SMILES string of the molecule is CCn1c(CCNC2CCOC3(CCOCC3)C2)nc2ccccc21. The predicted molar refractivity (Wildman–Crippen MR) is 98.9 cm³/mol. The first-order chi connectivity index (χ1) is 12.3. The molecule has 5 nitrogen and oxygen atoms in total. The van der Waals surface area contributed by atoms with Crippen LogP contribution in [0.2, 0.25) is 0 Å². The van der Waals surface area contributed by atoms with Crippen LogP contribution >= 0.6 is 0 Å². The Morgan fingerprint density at radius 2 is 2.08 bits per heavy atom. The lowest BCUT2D eigenvalue weighted by Crippen LogP contribution is -2.50. The van der Waals surface area contributed by atoms with Crippen molar-refractivity contribution in [3.05, 3.63) is 30.1 Å². The van der Waals surface area contributed by atoms with Crippen molar-refractivity contribution in [3.8, 4) is 0 Å². The molecule has 2 fully saturated rings. The van der Waals surface area contributed by atoms with Crippen LogP contribution in [-0.2, 0) is 22.4 Å². The number of hydrogen-bond donors (Lipinski definition) is 1. The van der Waals surface area contributed by atoms with Gasteiger partial charge in [-0.2, -0.15) is 0 Å². The number of nitrogens with zero attached hydrogens (tertiary/aromatic N) is 2. The number of fused-ring (bicyclic) bond motifs is 1. The van der Waals surface area contributed by atoms with E-state index < -0.39 is 0 Å². The van der Waals surface area contributed by atoms with Gasteiger partial charge in [0.1, 0.15) is 5.82 Å². The quantitative estimate of drug-likeness (QED) is 0.907. The number of aryl methyl sites for hydroxylation is 1. The molecule has 136 valence electrons. The largest absolute Gasteiger partial charge is 0.381 e. The minimum atomic E-state index is 0.0603. The number of aromatic nitrogens is 2. The van der Waals surface area contributed by atoms with Crippen molar-refractivity contribution < 1.29 is 9.47 Å². The zero-order chi connectivity index (χ0) is 17.1. The molecule has 1 unspecified atom stereocenters. The maximum Gasteiger partial charge on any atom is 0.111 e. The maximum absolute atomic E-state index is 6.14. The van der Waals surface area contributed by atoms with Crippen LogP contribution in [0.15, 0.2) is 24.3 Å². The first kappa shape index (κ1) is 17.0. The lowest BCUT2D eigenvalue weighted by molar-refractivity contribution is -0.140. The number of ether oxygens (including phenoxy) is 2. The molecule has 4 rings (SSSR count). The molecule has 0 radical (unpaired) electrons. The molecule has 0 saturated carbocycles. The van der Waals surface area contributed by atoms with Crippen LogP contribution in [-0.4, -0.2) is 47.6 Å². The molecule has 5 heteroatoms. The third-order valence-corrected chi connectivity index (χ3v) is 5.73. The molecule has 1 aromatic heterocycles. The van der Waals surface area contributed by atoms with Crippen molar-refractivity contribution in [1.82, 2.24) is 14.9 Å². The minimum Gasteiger partial charge on any atom is -0.381 e. The Hall–Kier alpha value is -1.43. The summed E-state index contributed by atoms with van der Waals surface area (Å²) in [6.07, 6.45) is 5.26. The summed E-state index contributed by atoms with van der Waals surface area (Å²) >= 11 is 0. The van der Waals surface area contributed by atoms with E-state index in [0.29, 0.717) is 6.04 Å². The zero-order valence-electron chi connectivity index (χ0n) is 15.2. The van der Waals surface area contributed by atoms with E-state index in [1.165, 1.54) is 11.3 Å². The van der Waals surface area contributed by atoms with Crippen LogP contribution in [0.25, 0.3) is 11.0 Å². The number of benzene rings is 1. The molecule has 0 aliphatic carbocycles. The fraction of sp³-hybridized carbons (Fsp3) is 0.650. The average Bonchev–Trinajstić information content (AvgIpc) is 3.00. The van der Waals surface area contributed by atoms with Gasteiger partial charge in [-0.05, 0) is 44.7 Å². The summed E-state index contributed by atoms with van der Waals surface area (Å²) in [5.41, 5.74) is 2.41. The topological polar surface area (TPSA) is 48.3 Å². The Balaban J connectivity index is 1.36. The van der Waals surface area contributed by atoms with E-state index in [1.807, 2.05) is 0 Å². The van der Waals surface area contributed by atoms with Gasteiger partial charge in [-0.25, -0.2) is 4.98 Å². The molecule has 2 aromatic rings. The van der Waals surface area contributed by atoms with E-state index in [1.54, 1.807) is 0 Å². The fourth-order valence-electron chi connectivity index (χ4n) is 4.35. The van der Waals surface area contributed by atoms with Crippen LogP contribution in [0.5, 0.6) is 0 Å². The van der Waals surface area contributed by atoms with E-state index in [2.05, 4.69) is 41.1 Å². The van der Waals surface area contributed by atoms with Crippen LogP contribution in [0.1, 0.15) is 38.4 Å². The summed E-state index contributed by atoms with van der Waals surface area (Å²) in [4.78, 5) is 4.83. The lowest BCUT2D eigenvalue weighted by atomic mass is 9.84. The maximum atomic E-state index is 6.14. The van der Waals surface area contributed by atoms with E-state index in [4.69, 9.17) is 14.5 Å². The van der Waals surface area contributed by atoms with Crippen LogP contribution in [0.4, 0.5) is 0 Å². The Morgan fingerprint density at radius 3 is 2.92 bits per heavy atom. The monoisotopic (exact) mass is 343 g/mol. The summed E-state index contributed by atoms with van der Waals surface area (Å²) in [7, 11) is 0. The first-order valence-corrected chi connectivity index (χ1v) is 9.69. The van der Waals surface area contributed by atoms with Crippen LogP contribution in [0.3, 0.4) is 0 Å². The number of nitrogens with one attached hydrogen (secondary N) is 1. The summed E-state index contributed by atoms with van der Waals surface area (Å²) in [5, 5.41) is 3.76. The highest BCUT2D eigenvalue weighted by Gasteiger charge is 2.38. The molecule has 25 heavy (non-hydrogen) atoms. The second-order valence-corrected chi connectivity index (χ2v) is 7.30. The molecule has 1 N–H and O–H groups in total. The number of rotatable bonds is 5. The summed E-state index contributed by atoms with van der Waals surface area (Å²) < 4.78 is 14.0. The molecular weight excluding hydrogens is 314 g/mol. The summed E-state index contributed by atoms with van der Waals surface area (Å²) in [5.74, 6) is 1.18. The van der Waals surface area contributed by atoms with Crippen LogP contribution in [0, 0.1) is 0 Å². The third-order valence-electron chi connectivity index (χ3n) is 5.73. The predicted octanol–water partition coefficient (Wildman–Crippen LogP) is 2.92. The van der Waals surface area contributed by atoms with Gasteiger partial charge < -0.3 is 19.4 Å². The highest BCUT2D eigenvalue weighted by molar-refractivity contribution is 5.75. The van der Waals surface area contributed by atoms with Gasteiger partial charge in [0.25, 0.3) is 0 Å². The van der Waals surface area contributed by atoms with Gasteiger partial charge in [0, 0.05) is 45.4 Å². The Labute approximate surface area is 149 Å². The molecule has 1 atom stereocenters.